The molecule has 4 rings (SSSR count). The molecule has 3 aromatic rings. The predicted octanol–water partition coefficient (Wildman–Crippen LogP) is 2.38. The molecule has 13 nitrogen and oxygen atoms in total. The van der Waals surface area contributed by atoms with Gasteiger partial charge in [0.2, 0.25) is 11.6 Å². The highest BCUT2D eigenvalue weighted by atomic mass is 16.6. The minimum Gasteiger partial charge on any atom is -0.368 e. The summed E-state index contributed by atoms with van der Waals surface area (Å²) in [4.78, 5) is 45.8. The first-order valence-corrected chi connectivity index (χ1v) is 10.3. The Hall–Kier alpha value is -4.81. The van der Waals surface area contributed by atoms with Gasteiger partial charge in [-0.2, -0.15) is 0 Å². The van der Waals surface area contributed by atoms with Gasteiger partial charge in [0.1, 0.15) is 6.33 Å². The third-order valence-electron chi connectivity index (χ3n) is 5.32. The van der Waals surface area contributed by atoms with Crippen LogP contribution in [0.4, 0.5) is 28.7 Å². The second-order valence-electron chi connectivity index (χ2n) is 7.34. The number of hydrazine groups is 1. The van der Waals surface area contributed by atoms with Crippen molar-refractivity contribution in [2.75, 3.05) is 41.4 Å². The minimum atomic E-state index is -0.638. The van der Waals surface area contributed by atoms with Gasteiger partial charge < -0.3 is 9.80 Å². The van der Waals surface area contributed by atoms with E-state index in [1.165, 1.54) is 30.6 Å². The van der Waals surface area contributed by atoms with Crippen molar-refractivity contribution in [1.82, 2.24) is 15.4 Å². The van der Waals surface area contributed by atoms with Crippen molar-refractivity contribution in [1.29, 1.82) is 0 Å². The first-order valence-electron chi connectivity index (χ1n) is 10.3. The van der Waals surface area contributed by atoms with Crippen molar-refractivity contribution in [2.24, 2.45) is 0 Å². The number of aromatic nitrogens is 2. The molecule has 1 amide bonds. The summed E-state index contributed by atoms with van der Waals surface area (Å²) in [6.45, 7) is 2.35. The van der Waals surface area contributed by atoms with Crippen LogP contribution >= 0.6 is 0 Å². The number of nitro benzene ring substituents is 1. The van der Waals surface area contributed by atoms with E-state index in [2.05, 4.69) is 25.7 Å². The molecule has 1 fully saturated rings. The van der Waals surface area contributed by atoms with Gasteiger partial charge in [-0.15, -0.1) is 0 Å². The van der Waals surface area contributed by atoms with Crippen LogP contribution in [0.1, 0.15) is 10.4 Å². The molecule has 2 N–H and O–H groups in total. The molecule has 1 aliphatic heterocycles. The van der Waals surface area contributed by atoms with Crippen molar-refractivity contribution in [3.63, 3.8) is 0 Å². The summed E-state index contributed by atoms with van der Waals surface area (Å²) in [5.74, 6) is -0.656. The number of hydrogen-bond acceptors (Lipinski definition) is 10. The first kappa shape index (κ1) is 22.4. The Morgan fingerprint density at radius 1 is 0.853 bits per heavy atom. The molecular weight excluding hydrogens is 444 g/mol. The summed E-state index contributed by atoms with van der Waals surface area (Å²) in [5, 5.41) is 22.6. The molecule has 0 bridgehead atoms. The Labute approximate surface area is 193 Å². The van der Waals surface area contributed by atoms with E-state index >= 15 is 0 Å². The molecule has 1 aliphatic rings. The molecule has 0 atom stereocenters. The molecule has 1 saturated heterocycles. The zero-order valence-electron chi connectivity index (χ0n) is 17.8. The average molecular weight is 464 g/mol. The van der Waals surface area contributed by atoms with Gasteiger partial charge in [-0.25, -0.2) is 9.97 Å². The van der Waals surface area contributed by atoms with Gasteiger partial charge in [-0.05, 0) is 24.3 Å². The topological polar surface area (TPSA) is 160 Å². The summed E-state index contributed by atoms with van der Waals surface area (Å²) < 4.78 is 0. The lowest BCUT2D eigenvalue weighted by Crippen LogP contribution is -2.47. The maximum absolute atomic E-state index is 12.4. The van der Waals surface area contributed by atoms with Crippen LogP contribution in [0.2, 0.25) is 0 Å². The average Bonchev–Trinajstić information content (AvgIpc) is 2.87. The third kappa shape index (κ3) is 4.82. The predicted molar refractivity (Wildman–Crippen MR) is 124 cm³/mol. The van der Waals surface area contributed by atoms with Crippen LogP contribution < -0.4 is 20.7 Å². The molecule has 34 heavy (non-hydrogen) atoms. The number of nitrogens with zero attached hydrogens (tertiary/aromatic N) is 6. The molecular formula is C21H20N8O5. The largest absolute Gasteiger partial charge is 0.368 e. The van der Waals surface area contributed by atoms with Crippen molar-refractivity contribution >= 4 is 34.6 Å². The lowest BCUT2D eigenvalue weighted by atomic mass is 10.2. The van der Waals surface area contributed by atoms with Crippen LogP contribution in [0.25, 0.3) is 0 Å². The van der Waals surface area contributed by atoms with Gasteiger partial charge in [0.25, 0.3) is 11.6 Å². The highest BCUT2D eigenvalue weighted by Crippen LogP contribution is 2.32. The number of benzene rings is 2. The molecule has 2 aromatic carbocycles. The first-order chi connectivity index (χ1) is 16.4. The summed E-state index contributed by atoms with van der Waals surface area (Å²) in [7, 11) is 0. The SMILES string of the molecule is O=C(NNc1ncnc(N2CCN(c3ccccc3)CC2)c1[N+](=O)[O-])c1ccc([N+](=O)[O-])cc1. The molecule has 174 valence electrons. The molecule has 2 heterocycles. The Balaban J connectivity index is 1.46. The van der Waals surface area contributed by atoms with Gasteiger partial charge >= 0.3 is 5.69 Å². The fourth-order valence-electron chi connectivity index (χ4n) is 3.60. The van der Waals surface area contributed by atoms with E-state index in [0.29, 0.717) is 26.2 Å². The second kappa shape index (κ2) is 9.77. The molecule has 0 aliphatic carbocycles. The molecule has 0 spiro atoms. The van der Waals surface area contributed by atoms with Crippen LogP contribution in [-0.2, 0) is 0 Å². The summed E-state index contributed by atoms with van der Waals surface area (Å²) in [6.07, 6.45) is 1.19. The quantitative estimate of drug-likeness (QED) is 0.392. The smallest absolute Gasteiger partial charge is 0.355 e. The van der Waals surface area contributed by atoms with Crippen LogP contribution in [0.5, 0.6) is 0 Å². The molecule has 13 heteroatoms. The summed E-state index contributed by atoms with van der Waals surface area (Å²) in [6, 6.07) is 14.8. The number of carbonyl (C=O) groups is 1. The number of carbonyl (C=O) groups excluding carboxylic acids is 1. The van der Waals surface area contributed by atoms with Gasteiger partial charge in [0, 0.05) is 49.6 Å². The standard InChI is InChI=1S/C21H20N8O5/c30-21(15-6-8-17(9-7-15)28(31)32)25-24-19-18(29(33)34)20(23-14-22-19)27-12-10-26(11-13-27)16-4-2-1-3-5-16/h1-9,14H,10-13H2,(H,25,30)(H,22,23,24). The van der Waals surface area contributed by atoms with Crippen LogP contribution in [0, 0.1) is 20.2 Å². The van der Waals surface area contributed by atoms with Crippen LogP contribution in [-0.4, -0.2) is 51.9 Å². The summed E-state index contributed by atoms with van der Waals surface area (Å²) >= 11 is 0. The number of non-ortho nitro benzene ring substituents is 1. The van der Waals surface area contributed by atoms with Crippen LogP contribution in [0.15, 0.2) is 60.9 Å². The number of nitrogens with one attached hydrogen (secondary N) is 2. The van der Waals surface area contributed by atoms with E-state index < -0.39 is 15.8 Å². The van der Waals surface area contributed by atoms with E-state index in [0.717, 1.165) is 5.69 Å². The van der Waals surface area contributed by atoms with Crippen molar-refractivity contribution < 1.29 is 14.6 Å². The Bertz CT molecular complexity index is 1200. The number of anilines is 3. The lowest BCUT2D eigenvalue weighted by molar-refractivity contribution is -0.384. The summed E-state index contributed by atoms with van der Waals surface area (Å²) in [5.41, 5.74) is 5.51. The number of nitro groups is 2. The van der Waals surface area contributed by atoms with Gasteiger partial charge in [0.15, 0.2) is 0 Å². The normalized spacial score (nSPS) is 13.3. The van der Waals surface area contributed by atoms with Gasteiger partial charge in [0.05, 0.1) is 9.85 Å². The van der Waals surface area contributed by atoms with E-state index in [4.69, 9.17) is 0 Å². The Morgan fingerprint density at radius 2 is 1.50 bits per heavy atom. The number of amides is 1. The molecule has 0 radical (unpaired) electrons. The molecule has 1 aromatic heterocycles. The Morgan fingerprint density at radius 3 is 2.12 bits per heavy atom. The zero-order chi connectivity index (χ0) is 24.1. The number of para-hydroxylation sites is 1. The van der Waals surface area contributed by atoms with Gasteiger partial charge in [-0.3, -0.25) is 35.9 Å². The number of piperazine rings is 1. The highest BCUT2D eigenvalue weighted by molar-refractivity contribution is 5.95. The van der Waals surface area contributed by atoms with Crippen LogP contribution in [0.3, 0.4) is 0 Å². The minimum absolute atomic E-state index is 0.132. The zero-order valence-corrected chi connectivity index (χ0v) is 17.8. The third-order valence-corrected chi connectivity index (χ3v) is 5.32. The monoisotopic (exact) mass is 464 g/mol. The second-order valence-corrected chi connectivity index (χ2v) is 7.34. The fraction of sp³-hybridized carbons (Fsp3) is 0.190. The van der Waals surface area contributed by atoms with E-state index in [9.17, 15) is 25.0 Å². The Kier molecular flexibility index (Phi) is 6.43. The maximum Gasteiger partial charge on any atom is 0.355 e. The molecule has 0 saturated carbocycles. The molecule has 0 unspecified atom stereocenters. The lowest BCUT2D eigenvalue weighted by Gasteiger charge is -2.36. The highest BCUT2D eigenvalue weighted by Gasteiger charge is 2.29. The van der Waals surface area contributed by atoms with E-state index in [1.54, 1.807) is 0 Å². The number of hydrogen-bond donors (Lipinski definition) is 2. The van der Waals surface area contributed by atoms with E-state index in [-0.39, 0.29) is 28.6 Å². The van der Waals surface area contributed by atoms with Crippen molar-refractivity contribution in [3.05, 3.63) is 86.7 Å². The number of rotatable bonds is 7. The van der Waals surface area contributed by atoms with E-state index in [1.807, 2.05) is 35.2 Å². The van der Waals surface area contributed by atoms with Crippen molar-refractivity contribution in [3.8, 4) is 0 Å². The van der Waals surface area contributed by atoms with Crippen molar-refractivity contribution in [2.45, 2.75) is 0 Å². The van der Waals surface area contributed by atoms with Gasteiger partial charge in [-0.1, -0.05) is 18.2 Å². The fourth-order valence-corrected chi connectivity index (χ4v) is 3.60. The maximum atomic E-state index is 12.4.